The molecule has 0 aromatic carbocycles. The van der Waals surface area contributed by atoms with E-state index in [-0.39, 0.29) is 11.7 Å². The number of aliphatic imine (C=N–C) groups is 1. The van der Waals surface area contributed by atoms with Crippen LogP contribution in [-0.4, -0.2) is 19.4 Å². The number of rotatable bonds is 7. The van der Waals surface area contributed by atoms with Crippen LogP contribution in [0.15, 0.2) is 42.2 Å². The number of nitrogens with zero attached hydrogens (tertiary/aromatic N) is 1. The number of hydrogen-bond acceptors (Lipinski definition) is 3. The van der Waals surface area contributed by atoms with Gasteiger partial charge in [0.05, 0.1) is 5.25 Å². The lowest BCUT2D eigenvalue weighted by molar-refractivity contribution is 0.579. The minimum Gasteiger partial charge on any atom is -0.267 e. The lowest BCUT2D eigenvalue weighted by Gasteiger charge is -2.12. The van der Waals surface area contributed by atoms with E-state index in [4.69, 9.17) is 0 Å². The predicted molar refractivity (Wildman–Crippen MR) is 77.9 cm³/mol. The van der Waals surface area contributed by atoms with Gasteiger partial charge in [0.15, 0.2) is 0 Å². The van der Waals surface area contributed by atoms with Crippen LogP contribution in [0.5, 0.6) is 0 Å². The average molecular weight is 270 g/mol. The Morgan fingerprint density at radius 1 is 1.22 bits per heavy atom. The maximum absolute atomic E-state index is 11.8. The van der Waals surface area contributed by atoms with Crippen molar-refractivity contribution in [3.63, 3.8) is 0 Å². The molecule has 0 radical (unpaired) electrons. The molecule has 0 saturated heterocycles. The first-order chi connectivity index (χ1) is 8.24. The highest BCUT2D eigenvalue weighted by Gasteiger charge is 2.16. The lowest BCUT2D eigenvalue weighted by atomic mass is 10.1. The number of nitrogens with one attached hydrogen (secondary N) is 1. The molecule has 5 heteroatoms. The summed E-state index contributed by atoms with van der Waals surface area (Å²) in [7, 11) is -3.41. The predicted octanol–water partition coefficient (Wildman–Crippen LogP) is 2.62. The van der Waals surface area contributed by atoms with Crippen molar-refractivity contribution in [2.24, 2.45) is 10.9 Å². The quantitative estimate of drug-likeness (QED) is 0.571. The van der Waals surface area contributed by atoms with Crippen LogP contribution in [0.1, 0.15) is 27.7 Å². The molecular weight excluding hydrogens is 248 g/mol. The summed E-state index contributed by atoms with van der Waals surface area (Å²) in [4.78, 5) is 4.25. The highest BCUT2D eigenvalue weighted by molar-refractivity contribution is 7.90. The van der Waals surface area contributed by atoms with Crippen LogP contribution in [0.3, 0.4) is 0 Å². The maximum Gasteiger partial charge on any atom is 0.236 e. The fourth-order valence-corrected chi connectivity index (χ4v) is 1.66. The Hall–Kier alpha value is -1.36. The van der Waals surface area contributed by atoms with Crippen molar-refractivity contribution in [3.8, 4) is 0 Å². The van der Waals surface area contributed by atoms with E-state index in [9.17, 15) is 8.42 Å². The van der Waals surface area contributed by atoms with Crippen molar-refractivity contribution in [3.05, 3.63) is 37.2 Å². The van der Waals surface area contributed by atoms with Gasteiger partial charge in [-0.05, 0) is 31.9 Å². The molecule has 0 atom stereocenters. The standard InChI is InChI=1S/C13H22N2O2S/c1-7-9-13(14-12(8-2)10(3)4)15-18(16,17)11(5)6/h7-11,15H,1-2H2,3-6H3/b13-9+,14-12?. The Bertz CT molecular complexity index is 457. The molecule has 18 heavy (non-hydrogen) atoms. The molecule has 0 unspecified atom stereocenters. The van der Waals surface area contributed by atoms with Gasteiger partial charge < -0.3 is 0 Å². The second-order valence-corrected chi connectivity index (χ2v) is 6.62. The molecule has 0 aliphatic heterocycles. The smallest absolute Gasteiger partial charge is 0.236 e. The van der Waals surface area contributed by atoms with Gasteiger partial charge in [-0.1, -0.05) is 33.1 Å². The molecule has 0 aliphatic carbocycles. The van der Waals surface area contributed by atoms with Crippen molar-refractivity contribution >= 4 is 15.7 Å². The normalized spacial score (nSPS) is 13.9. The molecule has 0 aliphatic rings. The van der Waals surface area contributed by atoms with E-state index in [1.165, 1.54) is 12.2 Å². The highest BCUT2D eigenvalue weighted by atomic mass is 32.2. The van der Waals surface area contributed by atoms with Crippen LogP contribution in [0.25, 0.3) is 0 Å². The topological polar surface area (TPSA) is 58.5 Å². The molecule has 0 fully saturated rings. The second-order valence-electron chi connectivity index (χ2n) is 4.38. The van der Waals surface area contributed by atoms with E-state index in [1.54, 1.807) is 19.9 Å². The van der Waals surface area contributed by atoms with E-state index in [1.807, 2.05) is 13.8 Å². The maximum atomic E-state index is 11.8. The summed E-state index contributed by atoms with van der Waals surface area (Å²) in [5.41, 5.74) is 0.717. The van der Waals surface area contributed by atoms with Crippen molar-refractivity contribution in [1.29, 1.82) is 0 Å². The summed E-state index contributed by atoms with van der Waals surface area (Å²) >= 11 is 0. The summed E-state index contributed by atoms with van der Waals surface area (Å²) in [5.74, 6) is 0.418. The molecule has 0 spiro atoms. The lowest BCUT2D eigenvalue weighted by Crippen LogP contribution is -2.30. The third-order valence-corrected chi connectivity index (χ3v) is 3.93. The Morgan fingerprint density at radius 2 is 1.78 bits per heavy atom. The van der Waals surface area contributed by atoms with Gasteiger partial charge >= 0.3 is 0 Å². The fourth-order valence-electron chi connectivity index (χ4n) is 1.02. The molecule has 4 nitrogen and oxygen atoms in total. The molecule has 1 N–H and O–H groups in total. The summed E-state index contributed by atoms with van der Waals surface area (Å²) in [5, 5.41) is -0.521. The van der Waals surface area contributed by atoms with E-state index in [2.05, 4.69) is 22.9 Å². The van der Waals surface area contributed by atoms with Crippen LogP contribution >= 0.6 is 0 Å². The van der Waals surface area contributed by atoms with E-state index < -0.39 is 15.3 Å². The first-order valence-electron chi connectivity index (χ1n) is 5.80. The third kappa shape index (κ3) is 5.31. The zero-order valence-electron chi connectivity index (χ0n) is 11.5. The molecule has 0 aromatic heterocycles. The largest absolute Gasteiger partial charge is 0.267 e. The molecule has 0 saturated carbocycles. The fraction of sp³-hybridized carbons (Fsp3) is 0.462. The van der Waals surface area contributed by atoms with Gasteiger partial charge in [-0.25, -0.2) is 13.4 Å². The second kappa shape index (κ2) is 7.16. The number of hydrogen-bond donors (Lipinski definition) is 1. The Balaban J connectivity index is 5.32. The molecule has 0 amide bonds. The van der Waals surface area contributed by atoms with Gasteiger partial charge in [0.25, 0.3) is 0 Å². The van der Waals surface area contributed by atoms with Crippen LogP contribution in [-0.2, 0) is 10.0 Å². The number of allylic oxidation sites excluding steroid dienone is 3. The third-order valence-electron chi connectivity index (χ3n) is 2.19. The van der Waals surface area contributed by atoms with E-state index in [0.29, 0.717) is 0 Å². The summed E-state index contributed by atoms with van der Waals surface area (Å²) in [6.07, 6.45) is 4.62. The van der Waals surface area contributed by atoms with Crippen molar-refractivity contribution in [2.45, 2.75) is 32.9 Å². The zero-order chi connectivity index (χ0) is 14.3. The summed E-state index contributed by atoms with van der Waals surface area (Å²) in [6.45, 7) is 14.3. The van der Waals surface area contributed by atoms with Crippen molar-refractivity contribution < 1.29 is 8.42 Å². The Labute approximate surface area is 110 Å². The first kappa shape index (κ1) is 16.6. The molecule has 0 aromatic rings. The van der Waals surface area contributed by atoms with E-state index >= 15 is 0 Å². The molecule has 0 rings (SSSR count). The molecular formula is C13H22N2O2S. The van der Waals surface area contributed by atoms with Crippen molar-refractivity contribution in [1.82, 2.24) is 4.72 Å². The average Bonchev–Trinajstić information content (AvgIpc) is 2.24. The Morgan fingerprint density at radius 3 is 2.11 bits per heavy atom. The van der Waals surface area contributed by atoms with Crippen molar-refractivity contribution in [2.75, 3.05) is 0 Å². The molecule has 0 bridgehead atoms. The monoisotopic (exact) mass is 270 g/mol. The van der Waals surface area contributed by atoms with Gasteiger partial charge in [0, 0.05) is 5.71 Å². The minimum absolute atomic E-state index is 0.166. The van der Waals surface area contributed by atoms with Crippen LogP contribution < -0.4 is 4.72 Å². The molecule has 0 heterocycles. The Kier molecular flexibility index (Phi) is 6.62. The van der Waals surface area contributed by atoms with Crippen LogP contribution in [0, 0.1) is 5.92 Å². The SMILES string of the molecule is C=C/C=C(\N=C(C=C)C(C)C)NS(=O)(=O)C(C)C. The minimum atomic E-state index is -3.41. The number of sulfonamides is 1. The van der Waals surface area contributed by atoms with Crippen LogP contribution in [0.4, 0.5) is 0 Å². The highest BCUT2D eigenvalue weighted by Crippen LogP contribution is 2.06. The zero-order valence-corrected chi connectivity index (χ0v) is 12.3. The van der Waals surface area contributed by atoms with Crippen LogP contribution in [0.2, 0.25) is 0 Å². The molecule has 102 valence electrons. The van der Waals surface area contributed by atoms with Gasteiger partial charge in [-0.2, -0.15) is 0 Å². The van der Waals surface area contributed by atoms with Gasteiger partial charge in [0.2, 0.25) is 10.0 Å². The van der Waals surface area contributed by atoms with Gasteiger partial charge in [-0.15, -0.1) is 0 Å². The van der Waals surface area contributed by atoms with Gasteiger partial charge in [-0.3, -0.25) is 4.72 Å². The first-order valence-corrected chi connectivity index (χ1v) is 7.34. The summed E-state index contributed by atoms with van der Waals surface area (Å²) < 4.78 is 26.0. The van der Waals surface area contributed by atoms with E-state index in [0.717, 1.165) is 5.71 Å². The van der Waals surface area contributed by atoms with Gasteiger partial charge in [0.1, 0.15) is 5.82 Å². The summed E-state index contributed by atoms with van der Waals surface area (Å²) in [6, 6.07) is 0.